The molecule has 0 saturated carbocycles. The summed E-state index contributed by atoms with van der Waals surface area (Å²) in [5.74, 6) is -1.33. The lowest BCUT2D eigenvalue weighted by atomic mass is 10.1. The summed E-state index contributed by atoms with van der Waals surface area (Å²) in [5.41, 5.74) is -0.505. The number of carbonyl (C=O) groups excluding carboxylic acids is 1. The Hall–Kier alpha value is -1.98. The monoisotopic (exact) mass is 268 g/mol. The standard InChI is InChI=1S/C13H17FN2O3/c1-4-5-9(2)15(3)13(17)10-6-7-12(16(18)19)11(14)8-10/h6-9H,4-5H2,1-3H3. The average molecular weight is 268 g/mol. The fraction of sp³-hybridized carbons (Fsp3) is 0.462. The summed E-state index contributed by atoms with van der Waals surface area (Å²) in [6, 6.07) is 3.24. The summed E-state index contributed by atoms with van der Waals surface area (Å²) in [7, 11) is 1.64. The average Bonchev–Trinajstić information content (AvgIpc) is 2.36. The number of amides is 1. The minimum atomic E-state index is -0.993. The molecule has 1 atom stereocenters. The topological polar surface area (TPSA) is 63.5 Å². The second kappa shape index (κ2) is 6.26. The Balaban J connectivity index is 2.95. The molecule has 0 heterocycles. The molecule has 0 radical (unpaired) electrons. The number of rotatable bonds is 5. The van der Waals surface area contributed by atoms with Crippen molar-refractivity contribution in [1.82, 2.24) is 4.90 Å². The van der Waals surface area contributed by atoms with Gasteiger partial charge in [-0.15, -0.1) is 0 Å². The van der Waals surface area contributed by atoms with E-state index in [0.717, 1.165) is 25.0 Å². The van der Waals surface area contributed by atoms with E-state index in [0.29, 0.717) is 0 Å². The first-order valence-electron chi connectivity index (χ1n) is 6.09. The van der Waals surface area contributed by atoms with Gasteiger partial charge in [0.2, 0.25) is 5.82 Å². The molecule has 1 amide bonds. The Morgan fingerprint density at radius 1 is 1.53 bits per heavy atom. The molecule has 1 aromatic carbocycles. The second-order valence-electron chi connectivity index (χ2n) is 4.48. The molecule has 0 spiro atoms. The van der Waals surface area contributed by atoms with Crippen molar-refractivity contribution in [2.45, 2.75) is 32.7 Å². The molecule has 0 aliphatic heterocycles. The van der Waals surface area contributed by atoms with E-state index in [-0.39, 0.29) is 17.5 Å². The number of hydrogen-bond donors (Lipinski definition) is 0. The number of benzene rings is 1. The van der Waals surface area contributed by atoms with Crippen LogP contribution >= 0.6 is 0 Å². The van der Waals surface area contributed by atoms with E-state index in [1.165, 1.54) is 11.0 Å². The van der Waals surface area contributed by atoms with Crippen LogP contribution in [0.25, 0.3) is 0 Å². The zero-order valence-electron chi connectivity index (χ0n) is 11.2. The minimum absolute atomic E-state index is 0.0377. The molecule has 0 fully saturated rings. The highest BCUT2D eigenvalue weighted by atomic mass is 19.1. The first kappa shape index (κ1) is 15.1. The second-order valence-corrected chi connectivity index (χ2v) is 4.48. The maximum absolute atomic E-state index is 13.5. The van der Waals surface area contributed by atoms with Crippen molar-refractivity contribution in [3.8, 4) is 0 Å². The Bertz CT molecular complexity index is 491. The summed E-state index contributed by atoms with van der Waals surface area (Å²) in [6.45, 7) is 3.92. The molecule has 1 unspecified atom stereocenters. The van der Waals surface area contributed by atoms with Crippen LogP contribution in [0.4, 0.5) is 10.1 Å². The molecule has 0 bridgehead atoms. The summed E-state index contributed by atoms with van der Waals surface area (Å²) in [4.78, 5) is 23.3. The molecule has 0 aliphatic rings. The van der Waals surface area contributed by atoms with E-state index in [1.807, 2.05) is 13.8 Å². The van der Waals surface area contributed by atoms with Crippen molar-refractivity contribution in [3.05, 3.63) is 39.7 Å². The predicted molar refractivity (Wildman–Crippen MR) is 69.5 cm³/mol. The number of carbonyl (C=O) groups is 1. The quantitative estimate of drug-likeness (QED) is 0.609. The van der Waals surface area contributed by atoms with Gasteiger partial charge in [0.15, 0.2) is 0 Å². The largest absolute Gasteiger partial charge is 0.339 e. The highest BCUT2D eigenvalue weighted by molar-refractivity contribution is 5.94. The summed E-state index contributed by atoms with van der Waals surface area (Å²) in [5, 5.41) is 10.5. The Labute approximate surface area is 111 Å². The Morgan fingerprint density at radius 3 is 2.63 bits per heavy atom. The first-order valence-corrected chi connectivity index (χ1v) is 6.09. The summed E-state index contributed by atoms with van der Waals surface area (Å²) in [6.07, 6.45) is 1.78. The molecule has 6 heteroatoms. The lowest BCUT2D eigenvalue weighted by Crippen LogP contribution is -2.35. The SMILES string of the molecule is CCCC(C)N(C)C(=O)c1ccc([N+](=O)[O-])c(F)c1. The van der Waals surface area contributed by atoms with Gasteiger partial charge in [0, 0.05) is 24.7 Å². The van der Waals surface area contributed by atoms with Crippen LogP contribution in [0.1, 0.15) is 37.0 Å². The van der Waals surface area contributed by atoms with Crippen molar-refractivity contribution in [1.29, 1.82) is 0 Å². The normalized spacial score (nSPS) is 12.0. The van der Waals surface area contributed by atoms with Gasteiger partial charge in [0.25, 0.3) is 5.91 Å². The predicted octanol–water partition coefficient (Wildman–Crippen LogP) is 2.99. The Kier molecular flexibility index (Phi) is 4.97. The van der Waals surface area contributed by atoms with Gasteiger partial charge in [-0.3, -0.25) is 14.9 Å². The van der Waals surface area contributed by atoms with Crippen molar-refractivity contribution < 1.29 is 14.1 Å². The summed E-state index contributed by atoms with van der Waals surface area (Å²) >= 11 is 0. The minimum Gasteiger partial charge on any atom is -0.339 e. The molecule has 1 aromatic rings. The van der Waals surface area contributed by atoms with Crippen molar-refractivity contribution in [2.24, 2.45) is 0 Å². The number of nitrogens with zero attached hydrogens (tertiary/aromatic N) is 2. The molecular weight excluding hydrogens is 251 g/mol. The zero-order valence-corrected chi connectivity index (χ0v) is 11.2. The van der Waals surface area contributed by atoms with Gasteiger partial charge in [0.1, 0.15) is 0 Å². The first-order chi connectivity index (χ1) is 8.88. The van der Waals surface area contributed by atoms with E-state index in [2.05, 4.69) is 0 Å². The van der Waals surface area contributed by atoms with E-state index in [1.54, 1.807) is 7.05 Å². The molecule has 5 nitrogen and oxygen atoms in total. The smallest absolute Gasteiger partial charge is 0.304 e. The third-order valence-electron chi connectivity index (χ3n) is 3.08. The van der Waals surface area contributed by atoms with Gasteiger partial charge in [0.05, 0.1) is 4.92 Å². The highest BCUT2D eigenvalue weighted by Crippen LogP contribution is 2.19. The maximum atomic E-state index is 13.5. The molecule has 0 aliphatic carbocycles. The lowest BCUT2D eigenvalue weighted by Gasteiger charge is -2.24. The van der Waals surface area contributed by atoms with Crippen LogP contribution in [-0.2, 0) is 0 Å². The van der Waals surface area contributed by atoms with E-state index < -0.39 is 16.4 Å². The van der Waals surface area contributed by atoms with Gasteiger partial charge < -0.3 is 4.90 Å². The zero-order chi connectivity index (χ0) is 14.6. The van der Waals surface area contributed by atoms with Crippen LogP contribution in [0.15, 0.2) is 18.2 Å². The molecule has 0 aromatic heterocycles. The van der Waals surface area contributed by atoms with Crippen LogP contribution in [0.3, 0.4) is 0 Å². The van der Waals surface area contributed by atoms with E-state index >= 15 is 0 Å². The fourth-order valence-corrected chi connectivity index (χ4v) is 1.80. The van der Waals surface area contributed by atoms with Gasteiger partial charge in [-0.2, -0.15) is 4.39 Å². The fourth-order valence-electron chi connectivity index (χ4n) is 1.80. The van der Waals surface area contributed by atoms with Gasteiger partial charge in [-0.1, -0.05) is 13.3 Å². The van der Waals surface area contributed by atoms with Crippen molar-refractivity contribution >= 4 is 11.6 Å². The number of nitro groups is 1. The molecule has 19 heavy (non-hydrogen) atoms. The number of halogens is 1. The highest BCUT2D eigenvalue weighted by Gasteiger charge is 2.20. The Morgan fingerprint density at radius 2 is 2.16 bits per heavy atom. The van der Waals surface area contributed by atoms with Crippen LogP contribution < -0.4 is 0 Å². The molecule has 0 saturated heterocycles. The van der Waals surface area contributed by atoms with E-state index in [4.69, 9.17) is 0 Å². The third kappa shape index (κ3) is 3.49. The van der Waals surface area contributed by atoms with Crippen LogP contribution in [0, 0.1) is 15.9 Å². The van der Waals surface area contributed by atoms with Gasteiger partial charge in [-0.25, -0.2) is 0 Å². The molecule has 1 rings (SSSR count). The van der Waals surface area contributed by atoms with Crippen LogP contribution in [0.5, 0.6) is 0 Å². The number of nitro benzene ring substituents is 1. The third-order valence-corrected chi connectivity index (χ3v) is 3.08. The molecule has 104 valence electrons. The van der Waals surface area contributed by atoms with Crippen molar-refractivity contribution in [2.75, 3.05) is 7.05 Å². The maximum Gasteiger partial charge on any atom is 0.304 e. The van der Waals surface area contributed by atoms with Crippen LogP contribution in [0.2, 0.25) is 0 Å². The molecule has 0 N–H and O–H groups in total. The lowest BCUT2D eigenvalue weighted by molar-refractivity contribution is -0.387. The van der Waals surface area contributed by atoms with Gasteiger partial charge >= 0.3 is 5.69 Å². The number of hydrogen-bond acceptors (Lipinski definition) is 3. The van der Waals surface area contributed by atoms with Crippen LogP contribution in [-0.4, -0.2) is 28.8 Å². The van der Waals surface area contributed by atoms with E-state index in [9.17, 15) is 19.3 Å². The summed E-state index contributed by atoms with van der Waals surface area (Å²) < 4.78 is 13.5. The molecular formula is C13H17FN2O3. The van der Waals surface area contributed by atoms with Crippen molar-refractivity contribution in [3.63, 3.8) is 0 Å². The van der Waals surface area contributed by atoms with Gasteiger partial charge in [-0.05, 0) is 25.5 Å².